The minimum absolute atomic E-state index is 0.278. The van der Waals surface area contributed by atoms with E-state index < -0.39 is 0 Å². The van der Waals surface area contributed by atoms with E-state index in [9.17, 15) is 0 Å². The zero-order valence-electron chi connectivity index (χ0n) is 11.9. The van der Waals surface area contributed by atoms with Gasteiger partial charge in [0.2, 0.25) is 0 Å². The van der Waals surface area contributed by atoms with Crippen molar-refractivity contribution in [3.8, 4) is 11.5 Å². The molecule has 2 bridgehead atoms. The molecule has 4 rings (SSSR count). The lowest BCUT2D eigenvalue weighted by Crippen LogP contribution is -2.15. The molecule has 0 amide bonds. The number of nitrogens with zero attached hydrogens (tertiary/aromatic N) is 2. The van der Waals surface area contributed by atoms with Gasteiger partial charge in [0, 0.05) is 5.56 Å². The zero-order valence-corrected chi connectivity index (χ0v) is 11.9. The highest BCUT2D eigenvalue weighted by atomic mass is 16.5. The fourth-order valence-electron chi connectivity index (χ4n) is 3.51. The molecule has 0 radical (unpaired) electrons. The summed E-state index contributed by atoms with van der Waals surface area (Å²) in [6, 6.07) is 8.07. The fraction of sp³-hybridized carbons (Fsp3) is 0.500. The van der Waals surface area contributed by atoms with Crippen LogP contribution < -0.4 is 5.73 Å². The topological polar surface area (TPSA) is 74.2 Å². The number of hydrogen-bond donors (Lipinski definition) is 1. The summed E-state index contributed by atoms with van der Waals surface area (Å²) in [6.07, 6.45) is 4.79. The van der Waals surface area contributed by atoms with E-state index >= 15 is 0 Å². The third-order valence-electron chi connectivity index (χ3n) is 4.54. The van der Waals surface area contributed by atoms with Gasteiger partial charge in [0.25, 0.3) is 5.89 Å². The van der Waals surface area contributed by atoms with E-state index in [0.29, 0.717) is 24.5 Å². The lowest BCUT2D eigenvalue weighted by atomic mass is 9.89. The van der Waals surface area contributed by atoms with Crippen molar-refractivity contribution < 1.29 is 9.26 Å². The Balaban J connectivity index is 1.63. The van der Waals surface area contributed by atoms with E-state index in [0.717, 1.165) is 36.2 Å². The second-order valence-electron chi connectivity index (χ2n) is 5.87. The van der Waals surface area contributed by atoms with Crippen LogP contribution in [0.1, 0.15) is 36.6 Å². The normalized spacial score (nSPS) is 27.4. The Morgan fingerprint density at radius 2 is 2.14 bits per heavy atom. The third kappa shape index (κ3) is 2.26. The van der Waals surface area contributed by atoms with E-state index in [2.05, 4.69) is 16.2 Å². The molecule has 2 fully saturated rings. The van der Waals surface area contributed by atoms with Gasteiger partial charge in [-0.3, -0.25) is 0 Å². The SMILES string of the molecule is NCCc1ccccc1-c1nc(C2CC3CCC2O3)no1. The molecular formula is C16H19N3O2. The zero-order chi connectivity index (χ0) is 14.2. The van der Waals surface area contributed by atoms with E-state index in [-0.39, 0.29) is 6.10 Å². The van der Waals surface area contributed by atoms with Crippen molar-refractivity contribution in [3.05, 3.63) is 35.7 Å². The Morgan fingerprint density at radius 1 is 1.24 bits per heavy atom. The summed E-state index contributed by atoms with van der Waals surface area (Å²) in [5.74, 6) is 1.68. The van der Waals surface area contributed by atoms with Crippen LogP contribution in [0.3, 0.4) is 0 Å². The van der Waals surface area contributed by atoms with Crippen molar-refractivity contribution in [2.24, 2.45) is 5.73 Å². The maximum atomic E-state index is 5.88. The van der Waals surface area contributed by atoms with Crippen molar-refractivity contribution in [3.63, 3.8) is 0 Å². The average Bonchev–Trinajstić information content (AvgIpc) is 3.24. The summed E-state index contributed by atoms with van der Waals surface area (Å²) in [6.45, 7) is 0.609. The van der Waals surface area contributed by atoms with Crippen LogP contribution in [0, 0.1) is 0 Å². The Hall–Kier alpha value is -1.72. The maximum absolute atomic E-state index is 5.88. The number of hydrogen-bond acceptors (Lipinski definition) is 5. The molecule has 3 atom stereocenters. The van der Waals surface area contributed by atoms with Gasteiger partial charge in [-0.25, -0.2) is 0 Å². The summed E-state index contributed by atoms with van der Waals surface area (Å²) < 4.78 is 11.4. The molecule has 5 nitrogen and oxygen atoms in total. The molecule has 2 saturated heterocycles. The number of rotatable bonds is 4. The molecule has 3 unspecified atom stereocenters. The predicted octanol–water partition coefficient (Wildman–Crippen LogP) is 2.27. The van der Waals surface area contributed by atoms with E-state index in [4.69, 9.17) is 15.0 Å². The molecule has 0 saturated carbocycles. The fourth-order valence-corrected chi connectivity index (χ4v) is 3.51. The van der Waals surface area contributed by atoms with Gasteiger partial charge in [-0.15, -0.1) is 0 Å². The Labute approximate surface area is 123 Å². The standard InChI is InChI=1S/C16H19N3O2/c17-8-7-10-3-1-2-4-12(10)16-18-15(19-21-16)13-9-11-5-6-14(13)20-11/h1-4,11,13-14H,5-9,17H2. The smallest absolute Gasteiger partial charge is 0.258 e. The number of ether oxygens (including phenoxy) is 1. The molecule has 2 N–H and O–H groups in total. The van der Waals surface area contributed by atoms with Gasteiger partial charge in [0.15, 0.2) is 5.82 Å². The van der Waals surface area contributed by atoms with Crippen molar-refractivity contribution in [2.45, 2.75) is 43.8 Å². The van der Waals surface area contributed by atoms with Gasteiger partial charge in [-0.2, -0.15) is 4.98 Å². The van der Waals surface area contributed by atoms with Gasteiger partial charge in [0.05, 0.1) is 18.1 Å². The first-order valence-electron chi connectivity index (χ1n) is 7.62. The molecule has 5 heteroatoms. The third-order valence-corrected chi connectivity index (χ3v) is 4.54. The molecule has 2 aliphatic heterocycles. The first kappa shape index (κ1) is 13.0. The van der Waals surface area contributed by atoms with Crippen molar-refractivity contribution >= 4 is 0 Å². The molecule has 3 heterocycles. The van der Waals surface area contributed by atoms with E-state index in [1.54, 1.807) is 0 Å². The van der Waals surface area contributed by atoms with Crippen LogP contribution in [-0.2, 0) is 11.2 Å². The molecule has 0 aliphatic carbocycles. The molecule has 1 aromatic heterocycles. The summed E-state index contributed by atoms with van der Waals surface area (Å²) in [5.41, 5.74) is 7.81. The maximum Gasteiger partial charge on any atom is 0.258 e. The largest absolute Gasteiger partial charge is 0.374 e. The first-order chi connectivity index (χ1) is 10.3. The van der Waals surface area contributed by atoms with E-state index in [1.165, 1.54) is 6.42 Å². The van der Waals surface area contributed by atoms with E-state index in [1.807, 2.05) is 18.2 Å². The van der Waals surface area contributed by atoms with Gasteiger partial charge in [-0.1, -0.05) is 23.4 Å². The lowest BCUT2D eigenvalue weighted by molar-refractivity contribution is 0.0996. The molecule has 21 heavy (non-hydrogen) atoms. The highest BCUT2D eigenvalue weighted by molar-refractivity contribution is 5.58. The molecule has 110 valence electrons. The predicted molar refractivity (Wildman–Crippen MR) is 77.7 cm³/mol. The number of fused-ring (bicyclic) bond motifs is 2. The van der Waals surface area contributed by atoms with Crippen molar-refractivity contribution in [1.82, 2.24) is 10.1 Å². The molecule has 2 aliphatic rings. The summed E-state index contributed by atoms with van der Waals surface area (Å²) in [5, 5.41) is 4.20. The molecule has 2 aromatic rings. The monoisotopic (exact) mass is 285 g/mol. The summed E-state index contributed by atoms with van der Waals surface area (Å²) in [7, 11) is 0. The van der Waals surface area contributed by atoms with Crippen molar-refractivity contribution in [2.75, 3.05) is 6.54 Å². The van der Waals surface area contributed by atoms with Crippen LogP contribution in [-0.4, -0.2) is 28.9 Å². The second kappa shape index (κ2) is 5.24. The Bertz CT molecular complexity index is 640. The Kier molecular flexibility index (Phi) is 3.24. The lowest BCUT2D eigenvalue weighted by Gasteiger charge is -2.13. The number of nitrogens with two attached hydrogens (primary N) is 1. The minimum Gasteiger partial charge on any atom is -0.374 e. The molecule has 1 aromatic carbocycles. The van der Waals surface area contributed by atoms with Gasteiger partial charge in [-0.05, 0) is 43.9 Å². The van der Waals surface area contributed by atoms with Crippen LogP contribution >= 0.6 is 0 Å². The summed E-state index contributed by atoms with van der Waals surface area (Å²) >= 11 is 0. The van der Waals surface area contributed by atoms with Crippen LogP contribution in [0.25, 0.3) is 11.5 Å². The van der Waals surface area contributed by atoms with Crippen LogP contribution in [0.15, 0.2) is 28.8 Å². The minimum atomic E-state index is 0.278. The summed E-state index contributed by atoms with van der Waals surface area (Å²) in [4.78, 5) is 4.63. The highest BCUT2D eigenvalue weighted by Gasteiger charge is 2.43. The first-order valence-corrected chi connectivity index (χ1v) is 7.62. The van der Waals surface area contributed by atoms with Gasteiger partial charge < -0.3 is 15.0 Å². The number of benzene rings is 1. The Morgan fingerprint density at radius 3 is 2.90 bits per heavy atom. The number of aromatic nitrogens is 2. The second-order valence-corrected chi connectivity index (χ2v) is 5.87. The quantitative estimate of drug-likeness (QED) is 0.932. The van der Waals surface area contributed by atoms with Crippen LogP contribution in [0.5, 0.6) is 0 Å². The highest BCUT2D eigenvalue weighted by Crippen LogP contribution is 2.43. The van der Waals surface area contributed by atoms with Crippen LogP contribution in [0.4, 0.5) is 0 Å². The molecule has 0 spiro atoms. The van der Waals surface area contributed by atoms with Crippen molar-refractivity contribution in [1.29, 1.82) is 0 Å². The van der Waals surface area contributed by atoms with Crippen LogP contribution in [0.2, 0.25) is 0 Å². The van der Waals surface area contributed by atoms with Gasteiger partial charge in [0.1, 0.15) is 0 Å². The average molecular weight is 285 g/mol. The van der Waals surface area contributed by atoms with Gasteiger partial charge >= 0.3 is 0 Å². The molecular weight excluding hydrogens is 266 g/mol.